The van der Waals surface area contributed by atoms with E-state index in [9.17, 15) is 4.79 Å². The molecule has 0 radical (unpaired) electrons. The molecule has 1 aromatic rings. The number of esters is 1. The van der Waals surface area contributed by atoms with Gasteiger partial charge in [-0.15, -0.1) is 0 Å². The molecule has 0 N–H and O–H groups in total. The van der Waals surface area contributed by atoms with Crippen molar-refractivity contribution in [2.75, 3.05) is 7.11 Å². The topological polar surface area (TPSA) is 44.1 Å². The molecule has 0 aliphatic rings. The lowest BCUT2D eigenvalue weighted by molar-refractivity contribution is 0.0593. The van der Waals surface area contributed by atoms with E-state index in [1.54, 1.807) is 4.57 Å². The first kappa shape index (κ1) is 9.25. The molecule has 0 atom stereocenters. The highest BCUT2D eigenvalue weighted by molar-refractivity contribution is 9.10. The quantitative estimate of drug-likeness (QED) is 0.686. The van der Waals surface area contributed by atoms with E-state index in [-0.39, 0.29) is 0 Å². The number of ether oxygens (including phenoxy) is 1. The Labute approximate surface area is 78.7 Å². The molecular weight excluding hydrogens is 224 g/mol. The Balaban J connectivity index is 3.17. The maximum absolute atomic E-state index is 11.1. The number of aromatic nitrogens is 2. The fourth-order valence-corrected chi connectivity index (χ4v) is 1.28. The van der Waals surface area contributed by atoms with Crippen molar-refractivity contribution in [2.45, 2.75) is 6.92 Å². The molecule has 4 nitrogen and oxygen atoms in total. The van der Waals surface area contributed by atoms with Crippen LogP contribution in [0, 0.1) is 6.92 Å². The van der Waals surface area contributed by atoms with E-state index in [4.69, 9.17) is 0 Å². The zero-order valence-electron chi connectivity index (χ0n) is 7.09. The van der Waals surface area contributed by atoms with Crippen molar-refractivity contribution < 1.29 is 9.53 Å². The standard InChI is InChI=1S/C7H9BrN2O2/c1-4-5(6(11)12-3)9-7(8)10(4)2/h1-3H3. The van der Waals surface area contributed by atoms with Gasteiger partial charge in [-0.1, -0.05) is 0 Å². The molecule has 0 fully saturated rings. The molecule has 1 rings (SSSR count). The summed E-state index contributed by atoms with van der Waals surface area (Å²) in [6.07, 6.45) is 0. The van der Waals surface area contributed by atoms with Crippen LogP contribution in [-0.4, -0.2) is 22.6 Å². The van der Waals surface area contributed by atoms with Gasteiger partial charge in [0.05, 0.1) is 7.11 Å². The second-order valence-corrected chi connectivity index (χ2v) is 3.07. The Bertz CT molecular complexity index is 319. The van der Waals surface area contributed by atoms with Gasteiger partial charge in [0, 0.05) is 12.7 Å². The van der Waals surface area contributed by atoms with Gasteiger partial charge in [-0.05, 0) is 22.9 Å². The average Bonchev–Trinajstić information content (AvgIpc) is 2.32. The summed E-state index contributed by atoms with van der Waals surface area (Å²) in [7, 11) is 3.16. The van der Waals surface area contributed by atoms with Crippen LogP contribution < -0.4 is 0 Å². The summed E-state index contributed by atoms with van der Waals surface area (Å²) in [6.45, 7) is 1.81. The summed E-state index contributed by atoms with van der Waals surface area (Å²) >= 11 is 3.21. The molecule has 1 aromatic heterocycles. The van der Waals surface area contributed by atoms with Gasteiger partial charge in [-0.3, -0.25) is 0 Å². The van der Waals surface area contributed by atoms with Gasteiger partial charge in [-0.25, -0.2) is 9.78 Å². The smallest absolute Gasteiger partial charge is 0.358 e. The minimum absolute atomic E-state index is 0.354. The van der Waals surface area contributed by atoms with Crippen LogP contribution in [0.3, 0.4) is 0 Å². The van der Waals surface area contributed by atoms with E-state index in [2.05, 4.69) is 25.7 Å². The fraction of sp³-hybridized carbons (Fsp3) is 0.429. The van der Waals surface area contributed by atoms with Crippen LogP contribution in [-0.2, 0) is 11.8 Å². The van der Waals surface area contributed by atoms with Crippen molar-refractivity contribution in [3.63, 3.8) is 0 Å². The van der Waals surface area contributed by atoms with E-state index < -0.39 is 5.97 Å². The maximum atomic E-state index is 11.1. The van der Waals surface area contributed by atoms with Gasteiger partial charge in [0.2, 0.25) is 0 Å². The molecule has 66 valence electrons. The number of imidazole rings is 1. The highest BCUT2D eigenvalue weighted by atomic mass is 79.9. The third-order valence-electron chi connectivity index (χ3n) is 1.71. The van der Waals surface area contributed by atoms with Gasteiger partial charge in [0.1, 0.15) is 0 Å². The summed E-state index contributed by atoms with van der Waals surface area (Å²) in [4.78, 5) is 15.1. The Morgan fingerprint density at radius 2 is 2.25 bits per heavy atom. The monoisotopic (exact) mass is 232 g/mol. The highest BCUT2D eigenvalue weighted by Crippen LogP contribution is 2.14. The Morgan fingerprint density at radius 1 is 1.67 bits per heavy atom. The van der Waals surface area contributed by atoms with Crippen LogP contribution >= 0.6 is 15.9 Å². The third kappa shape index (κ3) is 1.36. The van der Waals surface area contributed by atoms with Crippen LogP contribution in [0.2, 0.25) is 0 Å². The van der Waals surface area contributed by atoms with Crippen molar-refractivity contribution in [2.24, 2.45) is 7.05 Å². The first-order valence-electron chi connectivity index (χ1n) is 3.35. The molecule has 0 bridgehead atoms. The van der Waals surface area contributed by atoms with Crippen LogP contribution in [0.4, 0.5) is 0 Å². The van der Waals surface area contributed by atoms with Crippen LogP contribution in [0.25, 0.3) is 0 Å². The Morgan fingerprint density at radius 3 is 2.58 bits per heavy atom. The van der Waals surface area contributed by atoms with Gasteiger partial charge < -0.3 is 9.30 Å². The molecule has 0 saturated heterocycles. The molecule has 1 heterocycles. The van der Waals surface area contributed by atoms with Crippen molar-refractivity contribution in [3.05, 3.63) is 16.1 Å². The van der Waals surface area contributed by atoms with E-state index >= 15 is 0 Å². The Hall–Kier alpha value is -0.840. The molecule has 12 heavy (non-hydrogen) atoms. The second kappa shape index (κ2) is 3.26. The van der Waals surface area contributed by atoms with E-state index in [0.717, 1.165) is 5.69 Å². The van der Waals surface area contributed by atoms with Crippen LogP contribution in [0.5, 0.6) is 0 Å². The summed E-state index contributed by atoms with van der Waals surface area (Å²) in [5.41, 5.74) is 1.14. The minimum Gasteiger partial charge on any atom is -0.464 e. The summed E-state index contributed by atoms with van der Waals surface area (Å²) in [5.74, 6) is -0.409. The predicted octanol–water partition coefficient (Wildman–Crippen LogP) is 1.28. The molecule has 5 heteroatoms. The van der Waals surface area contributed by atoms with Crippen molar-refractivity contribution in [3.8, 4) is 0 Å². The normalized spacial score (nSPS) is 10.0. The fourth-order valence-electron chi connectivity index (χ4n) is 0.835. The van der Waals surface area contributed by atoms with E-state index in [0.29, 0.717) is 10.4 Å². The first-order valence-corrected chi connectivity index (χ1v) is 4.14. The maximum Gasteiger partial charge on any atom is 0.358 e. The van der Waals surface area contributed by atoms with Gasteiger partial charge >= 0.3 is 5.97 Å². The Kier molecular flexibility index (Phi) is 2.52. The lowest BCUT2D eigenvalue weighted by atomic mass is 10.3. The number of carbonyl (C=O) groups is 1. The lowest BCUT2D eigenvalue weighted by Gasteiger charge is -1.96. The van der Waals surface area contributed by atoms with Gasteiger partial charge in [0.15, 0.2) is 10.4 Å². The number of hydrogen-bond donors (Lipinski definition) is 0. The van der Waals surface area contributed by atoms with E-state index in [1.807, 2.05) is 14.0 Å². The predicted molar refractivity (Wildman–Crippen MR) is 47.0 cm³/mol. The molecule has 0 spiro atoms. The molecule has 0 aliphatic carbocycles. The van der Waals surface area contributed by atoms with Crippen molar-refractivity contribution in [1.82, 2.24) is 9.55 Å². The van der Waals surface area contributed by atoms with Crippen molar-refractivity contribution >= 4 is 21.9 Å². The second-order valence-electron chi connectivity index (χ2n) is 2.37. The highest BCUT2D eigenvalue weighted by Gasteiger charge is 2.16. The third-order valence-corrected chi connectivity index (χ3v) is 2.41. The molecule has 0 unspecified atom stereocenters. The lowest BCUT2D eigenvalue weighted by Crippen LogP contribution is -2.04. The molecular formula is C7H9BrN2O2. The first-order chi connectivity index (χ1) is 5.57. The zero-order chi connectivity index (χ0) is 9.30. The number of nitrogens with zero attached hydrogens (tertiary/aromatic N) is 2. The molecule has 0 amide bonds. The SMILES string of the molecule is COC(=O)c1nc(Br)n(C)c1C. The summed E-state index contributed by atoms with van der Waals surface area (Å²) in [6, 6.07) is 0. The van der Waals surface area contributed by atoms with Crippen LogP contribution in [0.15, 0.2) is 4.73 Å². The molecule has 0 aliphatic heterocycles. The summed E-state index contributed by atoms with van der Waals surface area (Å²) in [5, 5.41) is 0. The van der Waals surface area contributed by atoms with Crippen LogP contribution in [0.1, 0.15) is 16.2 Å². The average molecular weight is 233 g/mol. The zero-order valence-corrected chi connectivity index (χ0v) is 8.67. The summed E-state index contributed by atoms with van der Waals surface area (Å²) < 4.78 is 6.95. The molecule has 0 aromatic carbocycles. The number of hydrogen-bond acceptors (Lipinski definition) is 3. The number of carbonyl (C=O) groups excluding carboxylic acids is 1. The van der Waals surface area contributed by atoms with Gasteiger partial charge in [0.25, 0.3) is 0 Å². The number of rotatable bonds is 1. The van der Waals surface area contributed by atoms with E-state index in [1.165, 1.54) is 7.11 Å². The van der Waals surface area contributed by atoms with Gasteiger partial charge in [-0.2, -0.15) is 0 Å². The number of halogens is 1. The molecule has 0 saturated carbocycles. The largest absolute Gasteiger partial charge is 0.464 e. The number of methoxy groups -OCH3 is 1. The minimum atomic E-state index is -0.409. The van der Waals surface area contributed by atoms with Crippen molar-refractivity contribution in [1.29, 1.82) is 0 Å².